The number of amides is 1. The molecule has 5 heteroatoms. The van der Waals surface area contributed by atoms with Gasteiger partial charge in [0.2, 0.25) is 5.91 Å². The molecule has 0 aliphatic heterocycles. The van der Waals surface area contributed by atoms with Crippen molar-refractivity contribution < 1.29 is 13.9 Å². The Balaban J connectivity index is 2.93. The maximum atomic E-state index is 12.9. The molecule has 0 aromatic heterocycles. The second-order valence-electron chi connectivity index (χ2n) is 2.77. The summed E-state index contributed by atoms with van der Waals surface area (Å²) in [5.41, 5.74) is 10.3. The summed E-state index contributed by atoms with van der Waals surface area (Å²) in [5.74, 6) is -1.85. The Bertz CT molecular complexity index is 286. The van der Waals surface area contributed by atoms with Gasteiger partial charge in [-0.1, -0.05) is 0 Å². The van der Waals surface area contributed by atoms with Crippen molar-refractivity contribution in [2.45, 2.75) is 6.10 Å². The highest BCUT2D eigenvalue weighted by Gasteiger charge is 2.28. The smallest absolute Gasteiger partial charge is 0.227 e. The van der Waals surface area contributed by atoms with E-state index < -0.39 is 23.8 Å². The molecule has 0 saturated carbocycles. The zero-order chi connectivity index (χ0) is 10.0. The molecule has 2 atom stereocenters. The molecule has 1 aliphatic carbocycles. The summed E-state index contributed by atoms with van der Waals surface area (Å²) >= 11 is 0. The molecular weight excluding hydrogens is 175 g/mol. The van der Waals surface area contributed by atoms with Gasteiger partial charge in [0.15, 0.2) is 0 Å². The van der Waals surface area contributed by atoms with Crippen molar-refractivity contribution in [3.63, 3.8) is 0 Å². The SMILES string of the molecule is COC1C=C(F)C(N)=CC1C(N)=O. The Morgan fingerprint density at radius 2 is 2.23 bits per heavy atom. The molecule has 0 saturated heterocycles. The minimum absolute atomic E-state index is 0.0721. The van der Waals surface area contributed by atoms with E-state index in [-0.39, 0.29) is 5.70 Å². The number of primary amides is 1. The number of hydrogen-bond donors (Lipinski definition) is 2. The Kier molecular flexibility index (Phi) is 2.67. The van der Waals surface area contributed by atoms with E-state index >= 15 is 0 Å². The minimum Gasteiger partial charge on any atom is -0.397 e. The van der Waals surface area contributed by atoms with Gasteiger partial charge in [0, 0.05) is 7.11 Å². The average Bonchev–Trinajstić information content (AvgIpc) is 2.08. The van der Waals surface area contributed by atoms with E-state index in [0.717, 1.165) is 6.08 Å². The second-order valence-corrected chi connectivity index (χ2v) is 2.77. The summed E-state index contributed by atoms with van der Waals surface area (Å²) in [5, 5.41) is 0. The molecule has 72 valence electrons. The highest BCUT2D eigenvalue weighted by Crippen LogP contribution is 2.22. The minimum atomic E-state index is -0.690. The predicted molar refractivity (Wildman–Crippen MR) is 44.9 cm³/mol. The molecule has 4 nitrogen and oxygen atoms in total. The van der Waals surface area contributed by atoms with Crippen molar-refractivity contribution in [2.75, 3.05) is 7.11 Å². The van der Waals surface area contributed by atoms with E-state index in [4.69, 9.17) is 16.2 Å². The van der Waals surface area contributed by atoms with Crippen molar-refractivity contribution in [1.29, 1.82) is 0 Å². The molecule has 0 spiro atoms. The van der Waals surface area contributed by atoms with Crippen molar-refractivity contribution in [1.82, 2.24) is 0 Å². The van der Waals surface area contributed by atoms with Gasteiger partial charge >= 0.3 is 0 Å². The van der Waals surface area contributed by atoms with Gasteiger partial charge in [-0.15, -0.1) is 0 Å². The maximum Gasteiger partial charge on any atom is 0.227 e. The van der Waals surface area contributed by atoms with Gasteiger partial charge in [0.1, 0.15) is 5.83 Å². The van der Waals surface area contributed by atoms with Crippen LogP contribution >= 0.6 is 0 Å². The molecule has 0 bridgehead atoms. The fourth-order valence-electron chi connectivity index (χ4n) is 1.17. The van der Waals surface area contributed by atoms with Crippen LogP contribution in [0.5, 0.6) is 0 Å². The molecular formula is C8H11FN2O2. The van der Waals surface area contributed by atoms with Gasteiger partial charge in [-0.25, -0.2) is 4.39 Å². The zero-order valence-electron chi connectivity index (χ0n) is 7.16. The zero-order valence-corrected chi connectivity index (χ0v) is 7.16. The molecule has 1 amide bonds. The Hall–Kier alpha value is -1.36. The number of carbonyl (C=O) groups excluding carboxylic acids is 1. The predicted octanol–water partition coefficient (Wildman–Crippen LogP) is -0.187. The van der Waals surface area contributed by atoms with Crippen LogP contribution in [0.1, 0.15) is 0 Å². The molecule has 2 unspecified atom stereocenters. The van der Waals surface area contributed by atoms with E-state index in [1.54, 1.807) is 0 Å². The lowest BCUT2D eigenvalue weighted by Gasteiger charge is -2.21. The monoisotopic (exact) mass is 186 g/mol. The molecule has 4 N–H and O–H groups in total. The van der Waals surface area contributed by atoms with Crippen LogP contribution in [0, 0.1) is 5.92 Å². The normalized spacial score (nSPS) is 27.8. The lowest BCUT2D eigenvalue weighted by Crippen LogP contribution is -2.35. The first-order valence-corrected chi connectivity index (χ1v) is 3.73. The second kappa shape index (κ2) is 3.57. The number of rotatable bonds is 2. The summed E-state index contributed by atoms with van der Waals surface area (Å²) in [6.07, 6.45) is 1.75. The third kappa shape index (κ3) is 1.86. The number of hydrogen-bond acceptors (Lipinski definition) is 3. The lowest BCUT2D eigenvalue weighted by atomic mass is 9.95. The third-order valence-corrected chi connectivity index (χ3v) is 1.90. The van der Waals surface area contributed by atoms with Crippen LogP contribution in [0.25, 0.3) is 0 Å². The Labute approximate surface area is 75.0 Å². The molecule has 13 heavy (non-hydrogen) atoms. The number of carbonyl (C=O) groups is 1. The van der Waals surface area contributed by atoms with Crippen molar-refractivity contribution in [2.24, 2.45) is 17.4 Å². The van der Waals surface area contributed by atoms with Crippen LogP contribution in [0.4, 0.5) is 4.39 Å². The van der Waals surface area contributed by atoms with Gasteiger partial charge in [-0.05, 0) is 12.2 Å². The highest BCUT2D eigenvalue weighted by molar-refractivity contribution is 5.80. The molecule has 0 aromatic rings. The topological polar surface area (TPSA) is 78.3 Å². The first-order chi connectivity index (χ1) is 6.06. The van der Waals surface area contributed by atoms with Crippen LogP contribution in [0.15, 0.2) is 23.7 Å². The van der Waals surface area contributed by atoms with Gasteiger partial charge < -0.3 is 16.2 Å². The maximum absolute atomic E-state index is 12.9. The Morgan fingerprint density at radius 3 is 2.69 bits per heavy atom. The lowest BCUT2D eigenvalue weighted by molar-refractivity contribution is -0.123. The van der Waals surface area contributed by atoms with E-state index in [1.807, 2.05) is 0 Å². The summed E-state index contributed by atoms with van der Waals surface area (Å²) in [4.78, 5) is 10.9. The van der Waals surface area contributed by atoms with Crippen molar-refractivity contribution in [3.05, 3.63) is 23.7 Å². The summed E-state index contributed by atoms with van der Waals surface area (Å²) in [7, 11) is 1.37. The largest absolute Gasteiger partial charge is 0.397 e. The molecule has 0 aromatic carbocycles. The number of allylic oxidation sites excluding steroid dienone is 1. The van der Waals surface area contributed by atoms with Crippen LogP contribution in [-0.2, 0) is 9.53 Å². The fourth-order valence-corrected chi connectivity index (χ4v) is 1.17. The van der Waals surface area contributed by atoms with Gasteiger partial charge in [0.05, 0.1) is 17.7 Å². The third-order valence-electron chi connectivity index (χ3n) is 1.90. The number of nitrogens with two attached hydrogens (primary N) is 2. The van der Waals surface area contributed by atoms with Crippen LogP contribution in [0.2, 0.25) is 0 Å². The molecule has 1 aliphatic rings. The van der Waals surface area contributed by atoms with Gasteiger partial charge in [-0.3, -0.25) is 4.79 Å². The molecule has 0 fully saturated rings. The fraction of sp³-hybridized carbons (Fsp3) is 0.375. The van der Waals surface area contributed by atoms with E-state index in [9.17, 15) is 9.18 Å². The average molecular weight is 186 g/mol. The Morgan fingerprint density at radius 1 is 1.62 bits per heavy atom. The summed E-state index contributed by atoms with van der Waals surface area (Å²) < 4.78 is 17.8. The number of halogens is 1. The van der Waals surface area contributed by atoms with Gasteiger partial charge in [-0.2, -0.15) is 0 Å². The van der Waals surface area contributed by atoms with Crippen molar-refractivity contribution >= 4 is 5.91 Å². The van der Waals surface area contributed by atoms with E-state index in [1.165, 1.54) is 13.2 Å². The van der Waals surface area contributed by atoms with E-state index in [0.29, 0.717) is 0 Å². The quantitative estimate of drug-likeness (QED) is 0.627. The highest BCUT2D eigenvalue weighted by atomic mass is 19.1. The number of ether oxygens (including phenoxy) is 1. The first-order valence-electron chi connectivity index (χ1n) is 3.73. The summed E-state index contributed by atoms with van der Waals surface area (Å²) in [6, 6.07) is 0. The first kappa shape index (κ1) is 9.73. The standard InChI is InChI=1S/C8H11FN2O2/c1-13-7-3-5(9)6(10)2-4(7)8(11)12/h2-4,7H,10H2,1H3,(H2,11,12). The van der Waals surface area contributed by atoms with Gasteiger partial charge in [0.25, 0.3) is 0 Å². The number of methoxy groups -OCH3 is 1. The van der Waals surface area contributed by atoms with Crippen molar-refractivity contribution in [3.8, 4) is 0 Å². The molecule has 1 rings (SSSR count). The molecule has 0 heterocycles. The van der Waals surface area contributed by atoms with Crippen LogP contribution in [0.3, 0.4) is 0 Å². The van der Waals surface area contributed by atoms with Crippen LogP contribution < -0.4 is 11.5 Å². The summed E-state index contributed by atoms with van der Waals surface area (Å²) in [6.45, 7) is 0. The van der Waals surface area contributed by atoms with E-state index in [2.05, 4.69) is 0 Å². The van der Waals surface area contributed by atoms with Crippen LogP contribution in [-0.4, -0.2) is 19.1 Å². The molecule has 0 radical (unpaired) electrons.